The lowest BCUT2D eigenvalue weighted by Crippen LogP contribution is -2.24. The Kier molecular flexibility index (Phi) is 4.14. The molecule has 0 radical (unpaired) electrons. The van der Waals surface area contributed by atoms with Crippen molar-refractivity contribution in [2.45, 2.75) is 20.0 Å². The fourth-order valence-corrected chi connectivity index (χ4v) is 1.40. The topological polar surface area (TPSA) is 41.1 Å². The van der Waals surface area contributed by atoms with Crippen LogP contribution in [0.1, 0.15) is 19.5 Å². The first-order valence-corrected chi connectivity index (χ1v) is 5.31. The predicted octanol–water partition coefficient (Wildman–Crippen LogP) is 2.38. The normalized spacial score (nSPS) is 11.4. The van der Waals surface area contributed by atoms with Crippen molar-refractivity contribution in [1.29, 1.82) is 0 Å². The predicted molar refractivity (Wildman–Crippen MR) is 60.1 cm³/mol. The zero-order valence-electron chi connectivity index (χ0n) is 9.97. The van der Waals surface area contributed by atoms with Gasteiger partial charge in [-0.1, -0.05) is 0 Å². The Balaban J connectivity index is 3.22. The molecule has 1 rings (SSSR count). The molecule has 1 aromatic heterocycles. The molecule has 96 valence electrons. The molecule has 0 atom stereocenters. The Bertz CT molecular complexity index is 374. The van der Waals surface area contributed by atoms with E-state index < -0.39 is 11.9 Å². The van der Waals surface area contributed by atoms with Gasteiger partial charge in [0, 0.05) is 26.2 Å². The average molecular weight is 248 g/mol. The van der Waals surface area contributed by atoms with E-state index in [4.69, 9.17) is 0 Å². The van der Waals surface area contributed by atoms with E-state index in [9.17, 15) is 13.2 Å². The molecule has 0 aliphatic heterocycles. The first-order valence-electron chi connectivity index (χ1n) is 5.31. The van der Waals surface area contributed by atoms with E-state index in [2.05, 4.69) is 15.3 Å². The second kappa shape index (κ2) is 5.20. The SMILES string of the molecule is CCN(CC)c1cc(C(F)(F)F)nc(NC)n1. The molecular weight excluding hydrogens is 233 g/mol. The van der Waals surface area contributed by atoms with E-state index in [0.29, 0.717) is 13.1 Å². The molecule has 0 saturated carbocycles. The Labute approximate surface area is 97.9 Å². The van der Waals surface area contributed by atoms with E-state index >= 15 is 0 Å². The number of aromatic nitrogens is 2. The number of alkyl halides is 3. The third-order valence-corrected chi connectivity index (χ3v) is 2.31. The summed E-state index contributed by atoms with van der Waals surface area (Å²) < 4.78 is 37.9. The van der Waals surface area contributed by atoms with Crippen molar-refractivity contribution in [2.24, 2.45) is 0 Å². The fourth-order valence-electron chi connectivity index (χ4n) is 1.40. The molecule has 0 fully saturated rings. The number of hydrogen-bond donors (Lipinski definition) is 1. The van der Waals surface area contributed by atoms with Crippen molar-refractivity contribution in [3.05, 3.63) is 11.8 Å². The van der Waals surface area contributed by atoms with Gasteiger partial charge >= 0.3 is 6.18 Å². The summed E-state index contributed by atoms with van der Waals surface area (Å²) in [5, 5.41) is 2.53. The number of rotatable bonds is 4. The summed E-state index contributed by atoms with van der Waals surface area (Å²) in [5.41, 5.74) is -0.932. The Hall–Kier alpha value is -1.53. The molecule has 0 bridgehead atoms. The number of nitrogens with zero attached hydrogens (tertiary/aromatic N) is 3. The Morgan fingerprint density at radius 3 is 2.24 bits per heavy atom. The second-order valence-corrected chi connectivity index (χ2v) is 3.36. The lowest BCUT2D eigenvalue weighted by atomic mass is 10.3. The van der Waals surface area contributed by atoms with Gasteiger partial charge in [-0.25, -0.2) is 4.98 Å². The van der Waals surface area contributed by atoms with Crippen molar-refractivity contribution >= 4 is 11.8 Å². The molecule has 0 aliphatic carbocycles. The van der Waals surface area contributed by atoms with E-state index in [1.807, 2.05) is 13.8 Å². The van der Waals surface area contributed by atoms with E-state index in [0.717, 1.165) is 6.07 Å². The van der Waals surface area contributed by atoms with Gasteiger partial charge in [0.1, 0.15) is 5.82 Å². The summed E-state index contributed by atoms with van der Waals surface area (Å²) >= 11 is 0. The summed E-state index contributed by atoms with van der Waals surface area (Å²) in [6.45, 7) is 4.90. The Morgan fingerprint density at radius 2 is 1.82 bits per heavy atom. The first kappa shape index (κ1) is 13.5. The highest BCUT2D eigenvalue weighted by Gasteiger charge is 2.34. The van der Waals surface area contributed by atoms with E-state index in [1.54, 1.807) is 4.90 Å². The third kappa shape index (κ3) is 3.21. The van der Waals surface area contributed by atoms with Gasteiger partial charge in [0.25, 0.3) is 0 Å². The van der Waals surface area contributed by atoms with Crippen LogP contribution < -0.4 is 10.2 Å². The molecule has 0 aliphatic rings. The second-order valence-electron chi connectivity index (χ2n) is 3.36. The van der Waals surface area contributed by atoms with Gasteiger partial charge in [-0.15, -0.1) is 0 Å². The minimum absolute atomic E-state index is 0.0262. The molecule has 1 N–H and O–H groups in total. The standard InChI is InChI=1S/C10H15F3N4/c1-4-17(5-2)8-6-7(10(11,12)13)15-9(14-3)16-8/h6H,4-5H2,1-3H3,(H,14,15,16). The van der Waals surface area contributed by atoms with Gasteiger partial charge in [0.2, 0.25) is 5.95 Å². The summed E-state index contributed by atoms with van der Waals surface area (Å²) in [4.78, 5) is 9.15. The van der Waals surface area contributed by atoms with Crippen molar-refractivity contribution < 1.29 is 13.2 Å². The highest BCUT2D eigenvalue weighted by atomic mass is 19.4. The molecule has 1 heterocycles. The van der Waals surface area contributed by atoms with Crippen LogP contribution in [-0.4, -0.2) is 30.1 Å². The molecule has 17 heavy (non-hydrogen) atoms. The Morgan fingerprint density at radius 1 is 1.24 bits per heavy atom. The molecule has 0 saturated heterocycles. The zero-order valence-corrected chi connectivity index (χ0v) is 9.97. The van der Waals surface area contributed by atoms with Crippen LogP contribution in [0.4, 0.5) is 24.9 Å². The van der Waals surface area contributed by atoms with Gasteiger partial charge in [-0.05, 0) is 13.8 Å². The minimum atomic E-state index is -4.46. The van der Waals surface area contributed by atoms with Gasteiger partial charge in [0.15, 0.2) is 5.69 Å². The number of hydrogen-bond acceptors (Lipinski definition) is 4. The van der Waals surface area contributed by atoms with Gasteiger partial charge in [0.05, 0.1) is 0 Å². The van der Waals surface area contributed by atoms with E-state index in [1.165, 1.54) is 7.05 Å². The summed E-state index contributed by atoms with van der Waals surface area (Å²) in [6, 6.07) is 0.966. The van der Waals surface area contributed by atoms with Crippen molar-refractivity contribution in [1.82, 2.24) is 9.97 Å². The molecule has 0 aromatic carbocycles. The van der Waals surface area contributed by atoms with Crippen LogP contribution >= 0.6 is 0 Å². The van der Waals surface area contributed by atoms with Crippen LogP contribution in [0.25, 0.3) is 0 Å². The first-order chi connectivity index (χ1) is 7.92. The summed E-state index contributed by atoms with van der Waals surface area (Å²) in [5.74, 6) is 0.253. The van der Waals surface area contributed by atoms with Crippen LogP contribution in [0.3, 0.4) is 0 Å². The van der Waals surface area contributed by atoms with Crippen LogP contribution in [-0.2, 0) is 6.18 Å². The maximum atomic E-state index is 12.6. The van der Waals surface area contributed by atoms with Crippen molar-refractivity contribution in [3.63, 3.8) is 0 Å². The lowest BCUT2D eigenvalue weighted by Gasteiger charge is -2.21. The number of nitrogens with one attached hydrogen (secondary N) is 1. The zero-order chi connectivity index (χ0) is 13.1. The van der Waals surface area contributed by atoms with Crippen LogP contribution in [0.15, 0.2) is 6.07 Å². The third-order valence-electron chi connectivity index (χ3n) is 2.31. The lowest BCUT2D eigenvalue weighted by molar-refractivity contribution is -0.141. The molecule has 0 unspecified atom stereocenters. The molecule has 1 aromatic rings. The molecule has 0 spiro atoms. The fraction of sp³-hybridized carbons (Fsp3) is 0.600. The quantitative estimate of drug-likeness (QED) is 0.888. The van der Waals surface area contributed by atoms with E-state index in [-0.39, 0.29) is 11.8 Å². The van der Waals surface area contributed by atoms with Crippen molar-refractivity contribution in [3.8, 4) is 0 Å². The highest BCUT2D eigenvalue weighted by Crippen LogP contribution is 2.30. The highest BCUT2D eigenvalue weighted by molar-refractivity contribution is 5.45. The van der Waals surface area contributed by atoms with Crippen molar-refractivity contribution in [2.75, 3.05) is 30.4 Å². The average Bonchev–Trinajstić information content (AvgIpc) is 2.29. The molecular formula is C10H15F3N4. The van der Waals surface area contributed by atoms with Crippen LogP contribution in [0.2, 0.25) is 0 Å². The number of anilines is 2. The number of halogens is 3. The smallest absolute Gasteiger partial charge is 0.357 e. The maximum absolute atomic E-state index is 12.6. The van der Waals surface area contributed by atoms with Gasteiger partial charge in [-0.2, -0.15) is 18.2 Å². The van der Waals surface area contributed by atoms with Gasteiger partial charge in [-0.3, -0.25) is 0 Å². The van der Waals surface area contributed by atoms with Crippen LogP contribution in [0.5, 0.6) is 0 Å². The largest absolute Gasteiger partial charge is 0.433 e. The molecule has 7 heteroatoms. The minimum Gasteiger partial charge on any atom is -0.357 e. The summed E-state index contributed by atoms with van der Waals surface area (Å²) in [7, 11) is 1.49. The van der Waals surface area contributed by atoms with Gasteiger partial charge < -0.3 is 10.2 Å². The van der Waals surface area contributed by atoms with Crippen LogP contribution in [0, 0.1) is 0 Å². The molecule has 4 nitrogen and oxygen atoms in total. The molecule has 0 amide bonds. The maximum Gasteiger partial charge on any atom is 0.433 e. The summed E-state index contributed by atoms with van der Waals surface area (Å²) in [6.07, 6.45) is -4.46. The monoisotopic (exact) mass is 248 g/mol.